The monoisotopic (exact) mass is 159 g/mol. The van der Waals surface area contributed by atoms with E-state index in [1.807, 2.05) is 6.20 Å². The second kappa shape index (κ2) is 2.06. The second-order valence-electron chi connectivity index (χ2n) is 3.27. The molecule has 2 aromatic heterocycles. The van der Waals surface area contributed by atoms with Gasteiger partial charge in [0.2, 0.25) is 0 Å². The molecule has 0 radical (unpaired) electrons. The number of hydrogen-bond donors (Lipinski definition) is 1. The van der Waals surface area contributed by atoms with Crippen molar-refractivity contribution in [2.75, 3.05) is 0 Å². The molecule has 1 N–H and O–H groups in total. The highest BCUT2D eigenvalue weighted by Crippen LogP contribution is 2.42. The van der Waals surface area contributed by atoms with Gasteiger partial charge in [-0.25, -0.2) is 4.98 Å². The van der Waals surface area contributed by atoms with E-state index in [1.165, 1.54) is 18.4 Å². The van der Waals surface area contributed by atoms with Crippen molar-refractivity contribution in [2.24, 2.45) is 0 Å². The summed E-state index contributed by atoms with van der Waals surface area (Å²) in [5.41, 5.74) is 3.32. The van der Waals surface area contributed by atoms with Crippen LogP contribution in [0, 0.1) is 0 Å². The maximum absolute atomic E-state index is 4.31. The van der Waals surface area contributed by atoms with Crippen LogP contribution in [0.4, 0.5) is 0 Å². The zero-order valence-electron chi connectivity index (χ0n) is 6.62. The predicted molar refractivity (Wildman–Crippen MR) is 45.9 cm³/mol. The Kier molecular flexibility index (Phi) is 1.06. The Hall–Kier alpha value is -1.38. The first-order valence-corrected chi connectivity index (χ1v) is 4.23. The summed E-state index contributed by atoms with van der Waals surface area (Å²) in [5.74, 6) is 0.746. The number of H-pyrrole nitrogens is 1. The van der Waals surface area contributed by atoms with Crippen molar-refractivity contribution in [3.8, 4) is 0 Å². The lowest BCUT2D eigenvalue weighted by molar-refractivity contribution is 1.14. The normalized spacial score (nSPS) is 17.0. The molecule has 2 aromatic rings. The zero-order valence-corrected chi connectivity index (χ0v) is 6.62. The van der Waals surface area contributed by atoms with E-state index in [2.05, 4.69) is 15.0 Å². The average Bonchev–Trinajstić information content (AvgIpc) is 2.86. The summed E-state index contributed by atoms with van der Waals surface area (Å²) < 4.78 is 0. The highest BCUT2D eigenvalue weighted by atomic mass is 14.9. The quantitative estimate of drug-likeness (QED) is 0.689. The van der Waals surface area contributed by atoms with Crippen molar-refractivity contribution in [3.63, 3.8) is 0 Å². The van der Waals surface area contributed by atoms with Crippen LogP contribution in [0.5, 0.6) is 0 Å². The van der Waals surface area contributed by atoms with Crippen LogP contribution >= 0.6 is 0 Å². The fraction of sp³-hybridized carbons (Fsp3) is 0.333. The molecule has 2 heterocycles. The minimum atomic E-state index is 0.746. The van der Waals surface area contributed by atoms with Crippen LogP contribution in [-0.2, 0) is 0 Å². The van der Waals surface area contributed by atoms with Gasteiger partial charge < -0.3 is 4.98 Å². The number of rotatable bonds is 1. The molecule has 3 rings (SSSR count). The van der Waals surface area contributed by atoms with E-state index in [0.29, 0.717) is 0 Å². The Morgan fingerprint density at radius 3 is 2.92 bits per heavy atom. The average molecular weight is 159 g/mol. The second-order valence-corrected chi connectivity index (χ2v) is 3.27. The lowest BCUT2D eigenvalue weighted by atomic mass is 10.2. The molecule has 0 bridgehead atoms. The van der Waals surface area contributed by atoms with Crippen LogP contribution in [0.2, 0.25) is 0 Å². The molecule has 0 aromatic carbocycles. The van der Waals surface area contributed by atoms with Gasteiger partial charge in [-0.3, -0.25) is 4.98 Å². The Labute approximate surface area is 69.9 Å². The van der Waals surface area contributed by atoms with Crippen molar-refractivity contribution >= 4 is 11.2 Å². The van der Waals surface area contributed by atoms with Crippen molar-refractivity contribution in [1.29, 1.82) is 0 Å². The molecule has 0 unspecified atom stereocenters. The summed E-state index contributed by atoms with van der Waals surface area (Å²) in [4.78, 5) is 11.6. The van der Waals surface area contributed by atoms with Crippen LogP contribution in [0.15, 0.2) is 18.6 Å². The number of hydrogen-bond acceptors (Lipinski definition) is 2. The molecule has 3 nitrogen and oxygen atoms in total. The minimum absolute atomic E-state index is 0.746. The van der Waals surface area contributed by atoms with Gasteiger partial charge in [0.1, 0.15) is 5.52 Å². The lowest BCUT2D eigenvalue weighted by Gasteiger charge is -1.90. The molecule has 0 aliphatic heterocycles. The van der Waals surface area contributed by atoms with Gasteiger partial charge in [0, 0.05) is 24.2 Å². The molecule has 1 aliphatic carbocycles. The predicted octanol–water partition coefficient (Wildman–Crippen LogP) is 1.84. The van der Waals surface area contributed by atoms with Gasteiger partial charge in [-0.1, -0.05) is 0 Å². The van der Waals surface area contributed by atoms with Gasteiger partial charge in [0.25, 0.3) is 0 Å². The third kappa shape index (κ3) is 0.763. The van der Waals surface area contributed by atoms with Crippen LogP contribution in [0.1, 0.15) is 24.3 Å². The summed E-state index contributed by atoms with van der Waals surface area (Å²) in [6.45, 7) is 0. The van der Waals surface area contributed by atoms with Crippen LogP contribution < -0.4 is 0 Å². The molecule has 1 saturated carbocycles. The van der Waals surface area contributed by atoms with E-state index in [0.717, 1.165) is 17.1 Å². The third-order valence-electron chi connectivity index (χ3n) is 2.35. The molecule has 3 heteroatoms. The number of fused-ring (bicyclic) bond motifs is 1. The Balaban J connectivity index is 2.30. The highest BCUT2D eigenvalue weighted by molar-refractivity contribution is 5.75. The summed E-state index contributed by atoms with van der Waals surface area (Å²) in [6.07, 6.45) is 8.13. The molecule has 0 amide bonds. The summed E-state index contributed by atoms with van der Waals surface area (Å²) in [5, 5.41) is 0. The topological polar surface area (TPSA) is 41.6 Å². The molecule has 60 valence electrons. The fourth-order valence-electron chi connectivity index (χ4n) is 1.57. The molecule has 0 saturated heterocycles. The maximum atomic E-state index is 4.31. The van der Waals surface area contributed by atoms with E-state index in [4.69, 9.17) is 0 Å². The van der Waals surface area contributed by atoms with E-state index in [1.54, 1.807) is 12.4 Å². The van der Waals surface area contributed by atoms with Crippen LogP contribution in [-0.4, -0.2) is 15.0 Å². The Bertz CT molecular complexity index is 414. The zero-order chi connectivity index (χ0) is 7.97. The summed E-state index contributed by atoms with van der Waals surface area (Å²) in [6, 6.07) is 0. The molecule has 0 atom stereocenters. The number of aromatic amines is 1. The molecular formula is C9H9N3. The smallest absolute Gasteiger partial charge is 0.156 e. The number of aromatic nitrogens is 3. The Morgan fingerprint density at radius 1 is 1.25 bits per heavy atom. The van der Waals surface area contributed by atoms with Crippen molar-refractivity contribution in [3.05, 3.63) is 24.2 Å². The molecule has 1 aliphatic rings. The first-order chi connectivity index (χ1) is 5.95. The van der Waals surface area contributed by atoms with Gasteiger partial charge in [-0.05, 0) is 18.8 Å². The van der Waals surface area contributed by atoms with Crippen LogP contribution in [0.25, 0.3) is 11.2 Å². The first kappa shape index (κ1) is 6.17. The first-order valence-electron chi connectivity index (χ1n) is 4.23. The molecular weight excluding hydrogens is 150 g/mol. The number of nitrogens with zero attached hydrogens (tertiary/aromatic N) is 2. The van der Waals surface area contributed by atoms with E-state index in [-0.39, 0.29) is 0 Å². The van der Waals surface area contributed by atoms with Crippen molar-refractivity contribution in [2.45, 2.75) is 18.8 Å². The van der Waals surface area contributed by atoms with Crippen LogP contribution in [0.3, 0.4) is 0 Å². The minimum Gasteiger partial charge on any atom is -0.345 e. The van der Waals surface area contributed by atoms with Crippen molar-refractivity contribution in [1.82, 2.24) is 15.0 Å². The Morgan fingerprint density at radius 2 is 2.08 bits per heavy atom. The fourth-order valence-corrected chi connectivity index (χ4v) is 1.57. The third-order valence-corrected chi connectivity index (χ3v) is 2.35. The van der Waals surface area contributed by atoms with Gasteiger partial charge in [-0.15, -0.1) is 0 Å². The molecule has 1 fully saturated rings. The van der Waals surface area contributed by atoms with E-state index >= 15 is 0 Å². The summed E-state index contributed by atoms with van der Waals surface area (Å²) >= 11 is 0. The lowest BCUT2D eigenvalue weighted by Crippen LogP contribution is -1.80. The van der Waals surface area contributed by atoms with Gasteiger partial charge in [0.05, 0.1) is 0 Å². The van der Waals surface area contributed by atoms with E-state index < -0.39 is 0 Å². The van der Waals surface area contributed by atoms with E-state index in [9.17, 15) is 0 Å². The highest BCUT2D eigenvalue weighted by Gasteiger charge is 2.26. The standard InChI is InChI=1S/C9H9N3/c1-2-6(1)7-5-12-9-8(7)10-3-4-11-9/h3-6H,1-2H2,(H,11,12). The maximum Gasteiger partial charge on any atom is 0.156 e. The largest absolute Gasteiger partial charge is 0.345 e. The summed E-state index contributed by atoms with van der Waals surface area (Å²) in [7, 11) is 0. The van der Waals surface area contributed by atoms with Crippen molar-refractivity contribution < 1.29 is 0 Å². The molecule has 0 spiro atoms. The van der Waals surface area contributed by atoms with Gasteiger partial charge in [-0.2, -0.15) is 0 Å². The van der Waals surface area contributed by atoms with Gasteiger partial charge >= 0.3 is 0 Å². The number of nitrogens with one attached hydrogen (secondary N) is 1. The molecule has 12 heavy (non-hydrogen) atoms. The van der Waals surface area contributed by atoms with Gasteiger partial charge in [0.15, 0.2) is 5.65 Å². The SMILES string of the molecule is c1cnc2c(C3CC3)c[nH]c2n1.